The van der Waals surface area contributed by atoms with Crippen LogP contribution in [-0.4, -0.2) is 54.7 Å². The Bertz CT molecular complexity index is 699. The van der Waals surface area contributed by atoms with Gasteiger partial charge in [-0.05, 0) is 31.8 Å². The van der Waals surface area contributed by atoms with E-state index < -0.39 is 19.9 Å². The molecule has 21 heavy (non-hydrogen) atoms. The van der Waals surface area contributed by atoms with Gasteiger partial charge in [-0.15, -0.1) is 0 Å². The van der Waals surface area contributed by atoms with Crippen LogP contribution in [-0.2, 0) is 19.9 Å². The van der Waals surface area contributed by atoms with Gasteiger partial charge >= 0.3 is 0 Å². The average Bonchev–Trinajstić information content (AvgIpc) is 2.37. The minimum atomic E-state index is -3.84. The third-order valence-corrected chi connectivity index (χ3v) is 5.66. The molecule has 7 nitrogen and oxygen atoms in total. The predicted molar refractivity (Wildman–Crippen MR) is 82.3 cm³/mol. The summed E-state index contributed by atoms with van der Waals surface area (Å²) in [7, 11) is -5.47. The lowest BCUT2D eigenvalue weighted by atomic mass is 10.3. The molecule has 1 aromatic carbocycles. The minimum Gasteiger partial charge on any atom is -0.398 e. The quantitative estimate of drug-likeness (QED) is 0.674. The summed E-state index contributed by atoms with van der Waals surface area (Å²) in [6.45, 7) is 3.52. The Morgan fingerprint density at radius 2 is 1.86 bits per heavy atom. The van der Waals surface area contributed by atoms with Crippen molar-refractivity contribution in [1.29, 1.82) is 0 Å². The molecule has 0 bridgehead atoms. The summed E-state index contributed by atoms with van der Waals surface area (Å²) < 4.78 is 49.8. The van der Waals surface area contributed by atoms with Gasteiger partial charge in [0.25, 0.3) is 0 Å². The average molecular weight is 335 g/mol. The SMILES string of the molecule is CCN(C)CCNS(=O)(=O)c1cc(S(C)(=O)=O)ccc1N. The van der Waals surface area contributed by atoms with Gasteiger partial charge in [-0.25, -0.2) is 21.6 Å². The normalized spacial score (nSPS) is 12.8. The third-order valence-electron chi connectivity index (χ3n) is 3.03. The Morgan fingerprint density at radius 3 is 2.38 bits per heavy atom. The Hall–Kier alpha value is -1.16. The van der Waals surface area contributed by atoms with Gasteiger partial charge in [0.2, 0.25) is 10.0 Å². The maximum Gasteiger partial charge on any atom is 0.242 e. The first-order chi connectivity index (χ1) is 9.58. The molecule has 0 saturated heterocycles. The number of sulfone groups is 1. The number of rotatable bonds is 7. The van der Waals surface area contributed by atoms with Crippen molar-refractivity contribution in [3.05, 3.63) is 18.2 Å². The van der Waals surface area contributed by atoms with Crippen molar-refractivity contribution in [2.45, 2.75) is 16.7 Å². The Kier molecular flexibility index (Phi) is 5.74. The molecule has 0 saturated carbocycles. The van der Waals surface area contributed by atoms with E-state index in [2.05, 4.69) is 4.72 Å². The number of hydrogen-bond donors (Lipinski definition) is 2. The highest BCUT2D eigenvalue weighted by Gasteiger charge is 2.20. The lowest BCUT2D eigenvalue weighted by Crippen LogP contribution is -2.33. The molecule has 1 rings (SSSR count). The van der Waals surface area contributed by atoms with Crippen LogP contribution >= 0.6 is 0 Å². The number of nitrogen functional groups attached to an aromatic ring is 1. The summed E-state index contributed by atoms with van der Waals surface area (Å²) in [5.41, 5.74) is 5.66. The zero-order valence-corrected chi connectivity index (χ0v) is 14.0. The summed E-state index contributed by atoms with van der Waals surface area (Å²) in [5.74, 6) is 0. The summed E-state index contributed by atoms with van der Waals surface area (Å²) in [6, 6.07) is 3.65. The summed E-state index contributed by atoms with van der Waals surface area (Å²) in [4.78, 5) is 1.64. The zero-order chi connectivity index (χ0) is 16.3. The maximum absolute atomic E-state index is 12.2. The molecule has 0 aliphatic rings. The molecule has 0 aliphatic heterocycles. The van der Waals surface area contributed by atoms with E-state index in [0.29, 0.717) is 6.54 Å². The Balaban J connectivity index is 3.03. The van der Waals surface area contributed by atoms with Crippen LogP contribution in [0.3, 0.4) is 0 Å². The van der Waals surface area contributed by atoms with Crippen LogP contribution in [0.2, 0.25) is 0 Å². The molecule has 0 amide bonds. The molecule has 0 unspecified atom stereocenters. The van der Waals surface area contributed by atoms with E-state index in [9.17, 15) is 16.8 Å². The number of nitrogens with one attached hydrogen (secondary N) is 1. The van der Waals surface area contributed by atoms with Crippen molar-refractivity contribution in [3.63, 3.8) is 0 Å². The maximum atomic E-state index is 12.2. The lowest BCUT2D eigenvalue weighted by molar-refractivity contribution is 0.358. The van der Waals surface area contributed by atoms with Gasteiger partial charge in [0.1, 0.15) is 4.90 Å². The van der Waals surface area contributed by atoms with Crippen LogP contribution < -0.4 is 10.5 Å². The highest BCUT2D eigenvalue weighted by Crippen LogP contribution is 2.22. The van der Waals surface area contributed by atoms with E-state index in [1.54, 1.807) is 0 Å². The highest BCUT2D eigenvalue weighted by molar-refractivity contribution is 7.91. The molecule has 3 N–H and O–H groups in total. The third kappa shape index (κ3) is 4.95. The van der Waals surface area contributed by atoms with Crippen LogP contribution in [0.4, 0.5) is 5.69 Å². The second kappa shape index (κ2) is 6.73. The van der Waals surface area contributed by atoms with E-state index in [4.69, 9.17) is 5.73 Å². The summed E-state index contributed by atoms with van der Waals surface area (Å²) >= 11 is 0. The molecule has 1 aromatic rings. The molecule has 0 aromatic heterocycles. The number of sulfonamides is 1. The van der Waals surface area contributed by atoms with Gasteiger partial charge < -0.3 is 10.6 Å². The fraction of sp³-hybridized carbons (Fsp3) is 0.500. The molecule has 0 heterocycles. The van der Waals surface area contributed by atoms with Crippen molar-refractivity contribution in [2.24, 2.45) is 0 Å². The Morgan fingerprint density at radius 1 is 1.24 bits per heavy atom. The number of benzene rings is 1. The van der Waals surface area contributed by atoms with Crippen molar-refractivity contribution in [1.82, 2.24) is 9.62 Å². The molecule has 120 valence electrons. The van der Waals surface area contributed by atoms with Crippen LogP contribution in [0.25, 0.3) is 0 Å². The van der Waals surface area contributed by atoms with Gasteiger partial charge in [-0.1, -0.05) is 6.92 Å². The monoisotopic (exact) mass is 335 g/mol. The molecule has 0 spiro atoms. The Labute approximate surface area is 126 Å². The van der Waals surface area contributed by atoms with Gasteiger partial charge in [-0.2, -0.15) is 0 Å². The van der Waals surface area contributed by atoms with Crippen LogP contribution in [0.15, 0.2) is 28.0 Å². The molecule has 9 heteroatoms. The second-order valence-electron chi connectivity index (χ2n) is 4.77. The van der Waals surface area contributed by atoms with Crippen LogP contribution in [0.1, 0.15) is 6.92 Å². The predicted octanol–water partition coefficient (Wildman–Crippen LogP) is -0.0977. The molecule has 0 radical (unpaired) electrons. The molecular weight excluding hydrogens is 314 g/mol. The number of likely N-dealkylation sites (N-methyl/N-ethyl adjacent to an activating group) is 1. The lowest BCUT2D eigenvalue weighted by Gasteiger charge is -2.15. The van der Waals surface area contributed by atoms with Gasteiger partial charge in [-0.3, -0.25) is 0 Å². The first kappa shape index (κ1) is 17.9. The second-order valence-corrected chi connectivity index (χ2v) is 8.52. The van der Waals surface area contributed by atoms with Crippen molar-refractivity contribution >= 4 is 25.5 Å². The van der Waals surface area contributed by atoms with Crippen LogP contribution in [0.5, 0.6) is 0 Å². The summed E-state index contributed by atoms with van der Waals surface area (Å²) in [6.07, 6.45) is 1.01. The zero-order valence-electron chi connectivity index (χ0n) is 12.3. The number of anilines is 1. The fourth-order valence-corrected chi connectivity index (χ4v) is 3.48. The van der Waals surface area contributed by atoms with Gasteiger partial charge in [0, 0.05) is 19.3 Å². The first-order valence-corrected chi connectivity index (χ1v) is 9.73. The van der Waals surface area contributed by atoms with E-state index in [0.717, 1.165) is 18.9 Å². The number of nitrogens with two attached hydrogens (primary N) is 1. The van der Waals surface area contributed by atoms with E-state index >= 15 is 0 Å². The number of hydrogen-bond acceptors (Lipinski definition) is 6. The molecular formula is C12H21N3O4S2. The highest BCUT2D eigenvalue weighted by atomic mass is 32.2. The van der Waals surface area contributed by atoms with Crippen molar-refractivity contribution in [3.8, 4) is 0 Å². The first-order valence-electron chi connectivity index (χ1n) is 6.35. The molecule has 0 aliphatic carbocycles. The topological polar surface area (TPSA) is 110 Å². The summed E-state index contributed by atoms with van der Waals surface area (Å²) in [5, 5.41) is 0. The van der Waals surface area contributed by atoms with Gasteiger partial charge in [0.05, 0.1) is 10.6 Å². The van der Waals surface area contributed by atoms with Crippen LogP contribution in [0, 0.1) is 0 Å². The van der Waals surface area contributed by atoms with Crippen molar-refractivity contribution < 1.29 is 16.8 Å². The standard InChI is InChI=1S/C12H21N3O4S2/c1-4-15(2)8-7-14-21(18,19)12-9-10(20(3,16)17)5-6-11(12)13/h5-6,9,14H,4,7-8,13H2,1-3H3. The van der Waals surface area contributed by atoms with E-state index in [1.807, 2.05) is 18.9 Å². The van der Waals surface area contributed by atoms with E-state index in [-0.39, 0.29) is 22.0 Å². The largest absolute Gasteiger partial charge is 0.398 e. The van der Waals surface area contributed by atoms with E-state index in [1.165, 1.54) is 12.1 Å². The molecule has 0 fully saturated rings. The molecule has 0 atom stereocenters. The number of nitrogens with zero attached hydrogens (tertiary/aromatic N) is 1. The minimum absolute atomic E-state index is 0.0127. The van der Waals surface area contributed by atoms with Gasteiger partial charge in [0.15, 0.2) is 9.84 Å². The fourth-order valence-electron chi connectivity index (χ4n) is 1.58. The van der Waals surface area contributed by atoms with Crippen molar-refractivity contribution in [2.75, 3.05) is 38.7 Å². The smallest absolute Gasteiger partial charge is 0.242 e.